The van der Waals surface area contributed by atoms with Gasteiger partial charge in [-0.2, -0.15) is 0 Å². The Bertz CT molecular complexity index is 261. The van der Waals surface area contributed by atoms with Crippen LogP contribution in [0.2, 0.25) is 0 Å². The van der Waals surface area contributed by atoms with E-state index in [1.54, 1.807) is 0 Å². The van der Waals surface area contributed by atoms with Gasteiger partial charge in [-0.15, -0.1) is 23.4 Å². The molecule has 1 nitrogen and oxygen atoms in total. The van der Waals surface area contributed by atoms with Crippen LogP contribution in [0.3, 0.4) is 0 Å². The number of benzene rings is 1. The van der Waals surface area contributed by atoms with Crippen molar-refractivity contribution in [3.8, 4) is 0 Å². The maximum Gasteiger partial charge on any atom is 0.0560 e. The lowest BCUT2D eigenvalue weighted by Crippen LogP contribution is -1.97. The molecule has 1 rings (SSSR count). The standard InChI is InChI=1S/C12H17ClOS/c1-2-7-14-8-9-15-12-5-3-11(10-13)4-6-12/h3-6H,2,7-10H2,1H3. The van der Waals surface area contributed by atoms with Gasteiger partial charge in [0.2, 0.25) is 0 Å². The second-order valence-corrected chi connectivity index (χ2v) is 4.67. The SMILES string of the molecule is CCCOCCSc1ccc(CCl)cc1. The first kappa shape index (κ1) is 12.9. The summed E-state index contributed by atoms with van der Waals surface area (Å²) in [6.07, 6.45) is 1.09. The van der Waals surface area contributed by atoms with E-state index in [0.717, 1.165) is 25.4 Å². The van der Waals surface area contributed by atoms with Crippen molar-refractivity contribution in [1.82, 2.24) is 0 Å². The van der Waals surface area contributed by atoms with E-state index in [0.29, 0.717) is 5.88 Å². The lowest BCUT2D eigenvalue weighted by atomic mass is 10.2. The number of rotatable bonds is 7. The van der Waals surface area contributed by atoms with Crippen molar-refractivity contribution in [2.24, 2.45) is 0 Å². The first-order chi connectivity index (χ1) is 7.36. The van der Waals surface area contributed by atoms with Crippen LogP contribution in [0.25, 0.3) is 0 Å². The Morgan fingerprint density at radius 3 is 2.53 bits per heavy atom. The first-order valence-corrected chi connectivity index (χ1v) is 6.74. The lowest BCUT2D eigenvalue weighted by molar-refractivity contribution is 0.151. The van der Waals surface area contributed by atoms with Gasteiger partial charge in [0, 0.05) is 23.1 Å². The van der Waals surface area contributed by atoms with Crippen LogP contribution in [0.4, 0.5) is 0 Å². The van der Waals surface area contributed by atoms with E-state index in [9.17, 15) is 0 Å². The first-order valence-electron chi connectivity index (χ1n) is 5.22. The van der Waals surface area contributed by atoms with Gasteiger partial charge in [0.25, 0.3) is 0 Å². The van der Waals surface area contributed by atoms with Crippen molar-refractivity contribution in [2.75, 3.05) is 19.0 Å². The predicted molar refractivity (Wildman–Crippen MR) is 67.8 cm³/mol. The van der Waals surface area contributed by atoms with Crippen molar-refractivity contribution in [3.05, 3.63) is 29.8 Å². The zero-order valence-corrected chi connectivity index (χ0v) is 10.6. The molecule has 84 valence electrons. The van der Waals surface area contributed by atoms with Crippen LogP contribution < -0.4 is 0 Å². The Morgan fingerprint density at radius 2 is 1.93 bits per heavy atom. The normalized spacial score (nSPS) is 10.5. The highest BCUT2D eigenvalue weighted by molar-refractivity contribution is 7.99. The van der Waals surface area contributed by atoms with Crippen LogP contribution >= 0.6 is 23.4 Å². The molecule has 0 bridgehead atoms. The second kappa shape index (κ2) is 8.03. The fraction of sp³-hybridized carbons (Fsp3) is 0.500. The minimum Gasteiger partial charge on any atom is -0.381 e. The van der Waals surface area contributed by atoms with Crippen LogP contribution in [-0.4, -0.2) is 19.0 Å². The highest BCUT2D eigenvalue weighted by atomic mass is 35.5. The van der Waals surface area contributed by atoms with Gasteiger partial charge < -0.3 is 4.74 Å². The molecule has 0 radical (unpaired) electrons. The number of hydrogen-bond donors (Lipinski definition) is 0. The maximum atomic E-state index is 5.71. The Balaban J connectivity index is 2.20. The zero-order valence-electron chi connectivity index (χ0n) is 9.04. The van der Waals surface area contributed by atoms with Crippen LogP contribution in [0.5, 0.6) is 0 Å². The minimum absolute atomic E-state index is 0.588. The molecule has 0 N–H and O–H groups in total. The summed E-state index contributed by atoms with van der Waals surface area (Å²) in [4.78, 5) is 1.28. The quantitative estimate of drug-likeness (QED) is 0.408. The second-order valence-electron chi connectivity index (χ2n) is 3.24. The summed E-state index contributed by atoms with van der Waals surface area (Å²) in [6.45, 7) is 3.82. The molecule has 0 amide bonds. The molecule has 0 atom stereocenters. The summed E-state index contributed by atoms with van der Waals surface area (Å²) in [5, 5.41) is 0. The highest BCUT2D eigenvalue weighted by Gasteiger charge is 1.95. The third kappa shape index (κ3) is 5.45. The predicted octanol–water partition coefficient (Wildman–Crippen LogP) is 3.94. The van der Waals surface area contributed by atoms with Crippen molar-refractivity contribution < 1.29 is 4.74 Å². The lowest BCUT2D eigenvalue weighted by Gasteiger charge is -2.03. The third-order valence-corrected chi connectivity index (χ3v) is 3.21. The topological polar surface area (TPSA) is 9.23 Å². The van der Waals surface area contributed by atoms with E-state index in [-0.39, 0.29) is 0 Å². The zero-order chi connectivity index (χ0) is 10.9. The monoisotopic (exact) mass is 244 g/mol. The van der Waals surface area contributed by atoms with Crippen LogP contribution in [0.1, 0.15) is 18.9 Å². The Hall–Kier alpha value is -0.180. The van der Waals surface area contributed by atoms with Crippen LogP contribution in [0.15, 0.2) is 29.2 Å². The molecular formula is C12H17ClOS. The molecule has 3 heteroatoms. The summed E-state index contributed by atoms with van der Waals surface area (Å²) >= 11 is 7.54. The molecule has 0 spiro atoms. The summed E-state index contributed by atoms with van der Waals surface area (Å²) in [6, 6.07) is 8.37. The van der Waals surface area contributed by atoms with Crippen LogP contribution in [-0.2, 0) is 10.6 Å². The largest absolute Gasteiger partial charge is 0.381 e. The molecule has 0 aromatic heterocycles. The number of halogens is 1. The van der Waals surface area contributed by atoms with Gasteiger partial charge in [0.05, 0.1) is 6.61 Å². The van der Waals surface area contributed by atoms with Crippen LogP contribution in [0, 0.1) is 0 Å². The molecule has 15 heavy (non-hydrogen) atoms. The highest BCUT2D eigenvalue weighted by Crippen LogP contribution is 2.18. The molecular weight excluding hydrogens is 228 g/mol. The average molecular weight is 245 g/mol. The van der Waals surface area contributed by atoms with E-state index in [2.05, 4.69) is 31.2 Å². The van der Waals surface area contributed by atoms with Gasteiger partial charge in [-0.3, -0.25) is 0 Å². The number of alkyl halides is 1. The summed E-state index contributed by atoms with van der Waals surface area (Å²) in [5.74, 6) is 1.60. The van der Waals surface area contributed by atoms with Gasteiger partial charge in [-0.1, -0.05) is 19.1 Å². The molecule has 0 aliphatic rings. The molecule has 0 unspecified atom stereocenters. The third-order valence-electron chi connectivity index (χ3n) is 1.92. The van der Waals surface area contributed by atoms with Gasteiger partial charge in [-0.25, -0.2) is 0 Å². The molecule has 0 aliphatic heterocycles. The summed E-state index contributed by atoms with van der Waals surface area (Å²) < 4.78 is 5.41. The molecule has 0 saturated carbocycles. The van der Waals surface area contributed by atoms with Crippen molar-refractivity contribution in [3.63, 3.8) is 0 Å². The maximum absolute atomic E-state index is 5.71. The van der Waals surface area contributed by atoms with Gasteiger partial charge >= 0.3 is 0 Å². The Labute approximate surface area is 101 Å². The smallest absolute Gasteiger partial charge is 0.0560 e. The van der Waals surface area contributed by atoms with E-state index in [4.69, 9.17) is 16.3 Å². The Kier molecular flexibility index (Phi) is 6.90. The molecule has 0 heterocycles. The van der Waals surface area contributed by atoms with Gasteiger partial charge in [0.1, 0.15) is 0 Å². The molecule has 1 aromatic rings. The van der Waals surface area contributed by atoms with Gasteiger partial charge in [-0.05, 0) is 24.1 Å². The molecule has 0 aliphatic carbocycles. The average Bonchev–Trinajstić information content (AvgIpc) is 2.30. The van der Waals surface area contributed by atoms with Crippen molar-refractivity contribution >= 4 is 23.4 Å². The summed E-state index contributed by atoms with van der Waals surface area (Å²) in [7, 11) is 0. The van der Waals surface area contributed by atoms with E-state index < -0.39 is 0 Å². The van der Waals surface area contributed by atoms with E-state index in [1.165, 1.54) is 10.5 Å². The fourth-order valence-electron chi connectivity index (χ4n) is 1.14. The van der Waals surface area contributed by atoms with Crippen molar-refractivity contribution in [2.45, 2.75) is 24.1 Å². The number of hydrogen-bond acceptors (Lipinski definition) is 2. The molecule has 1 aromatic carbocycles. The van der Waals surface area contributed by atoms with Gasteiger partial charge in [0.15, 0.2) is 0 Å². The molecule has 0 saturated heterocycles. The Morgan fingerprint density at radius 1 is 1.20 bits per heavy atom. The van der Waals surface area contributed by atoms with E-state index in [1.807, 2.05) is 11.8 Å². The number of ether oxygens (including phenoxy) is 1. The van der Waals surface area contributed by atoms with Crippen molar-refractivity contribution in [1.29, 1.82) is 0 Å². The minimum atomic E-state index is 0.588. The number of thioether (sulfide) groups is 1. The summed E-state index contributed by atoms with van der Waals surface area (Å²) in [5.41, 5.74) is 1.17. The fourth-order valence-corrected chi connectivity index (χ4v) is 2.08. The van der Waals surface area contributed by atoms with E-state index >= 15 is 0 Å². The molecule has 0 fully saturated rings.